The lowest BCUT2D eigenvalue weighted by atomic mass is 10.2. The molecule has 88 valence electrons. The fourth-order valence-electron chi connectivity index (χ4n) is 1.42. The van der Waals surface area contributed by atoms with Crippen LogP contribution in [0.15, 0.2) is 24.3 Å². The number of carbonyl (C=O) groups excluding carboxylic acids is 1. The molecule has 0 saturated carbocycles. The van der Waals surface area contributed by atoms with Gasteiger partial charge in [0.25, 0.3) is 0 Å². The van der Waals surface area contributed by atoms with Gasteiger partial charge in [0.1, 0.15) is 6.73 Å². The van der Waals surface area contributed by atoms with Gasteiger partial charge in [-0.25, -0.2) is 0 Å². The fraction of sp³-hybridized carbons (Fsp3) is 0.462. The van der Waals surface area contributed by atoms with Crippen molar-refractivity contribution in [2.24, 2.45) is 0 Å². The van der Waals surface area contributed by atoms with Crippen LogP contribution in [0.1, 0.15) is 26.3 Å². The van der Waals surface area contributed by atoms with E-state index in [0.29, 0.717) is 6.73 Å². The van der Waals surface area contributed by atoms with Gasteiger partial charge < -0.3 is 4.74 Å². The molecule has 0 fully saturated rings. The molecule has 0 unspecified atom stereocenters. The van der Waals surface area contributed by atoms with Crippen LogP contribution in [0, 0.1) is 6.92 Å². The zero-order valence-electron chi connectivity index (χ0n) is 10.4. The van der Waals surface area contributed by atoms with Crippen molar-refractivity contribution < 1.29 is 9.53 Å². The second-order valence-electron chi connectivity index (χ2n) is 4.08. The van der Waals surface area contributed by atoms with E-state index in [1.165, 1.54) is 0 Å². The number of nitrogens with zero attached hydrogens (tertiary/aromatic N) is 1. The maximum Gasteiger partial charge on any atom is 0.225 e. The molecule has 0 heterocycles. The summed E-state index contributed by atoms with van der Waals surface area (Å²) in [7, 11) is 0. The number of benzene rings is 1. The van der Waals surface area contributed by atoms with Crippen molar-refractivity contribution in [3.63, 3.8) is 0 Å². The van der Waals surface area contributed by atoms with Crippen LogP contribution >= 0.6 is 0 Å². The highest BCUT2D eigenvalue weighted by Crippen LogP contribution is 2.19. The topological polar surface area (TPSA) is 29.5 Å². The lowest BCUT2D eigenvalue weighted by molar-refractivity contribution is -0.118. The van der Waals surface area contributed by atoms with E-state index in [9.17, 15) is 4.79 Å². The van der Waals surface area contributed by atoms with Crippen LogP contribution in [0.3, 0.4) is 0 Å². The summed E-state index contributed by atoms with van der Waals surface area (Å²) in [6, 6.07) is 7.80. The first kappa shape index (κ1) is 12.7. The van der Waals surface area contributed by atoms with Crippen LogP contribution in [-0.2, 0) is 9.53 Å². The summed E-state index contributed by atoms with van der Waals surface area (Å²) >= 11 is 0. The summed E-state index contributed by atoms with van der Waals surface area (Å²) in [6.07, 6.45) is 0.117. The highest BCUT2D eigenvalue weighted by atomic mass is 16.5. The predicted octanol–water partition coefficient (Wildman–Crippen LogP) is 2.73. The smallest absolute Gasteiger partial charge is 0.225 e. The molecule has 0 aliphatic rings. The Hall–Kier alpha value is -1.35. The third-order valence-corrected chi connectivity index (χ3v) is 2.32. The molecule has 16 heavy (non-hydrogen) atoms. The minimum Gasteiger partial charge on any atom is -0.358 e. The average molecular weight is 221 g/mol. The van der Waals surface area contributed by atoms with Gasteiger partial charge in [-0.2, -0.15) is 0 Å². The van der Waals surface area contributed by atoms with E-state index in [4.69, 9.17) is 4.74 Å². The lowest BCUT2D eigenvalue weighted by Gasteiger charge is -2.23. The highest BCUT2D eigenvalue weighted by molar-refractivity contribution is 5.92. The van der Waals surface area contributed by atoms with Crippen molar-refractivity contribution in [2.75, 3.05) is 11.6 Å². The SMILES string of the molecule is CC(=O)N(COC(C)C)c1ccccc1C. The highest BCUT2D eigenvalue weighted by Gasteiger charge is 2.13. The Morgan fingerprint density at radius 3 is 2.50 bits per heavy atom. The van der Waals surface area contributed by atoms with E-state index in [0.717, 1.165) is 11.3 Å². The van der Waals surface area contributed by atoms with Gasteiger partial charge in [-0.3, -0.25) is 9.69 Å². The molecule has 1 amide bonds. The molecule has 3 heteroatoms. The van der Waals surface area contributed by atoms with Crippen LogP contribution in [0.25, 0.3) is 0 Å². The maximum absolute atomic E-state index is 11.6. The van der Waals surface area contributed by atoms with Crippen molar-refractivity contribution in [3.8, 4) is 0 Å². The van der Waals surface area contributed by atoms with Crippen molar-refractivity contribution in [3.05, 3.63) is 29.8 Å². The molecule has 0 aliphatic carbocycles. The molecule has 0 bridgehead atoms. The van der Waals surface area contributed by atoms with Gasteiger partial charge >= 0.3 is 0 Å². The molecule has 0 atom stereocenters. The van der Waals surface area contributed by atoms with E-state index in [1.807, 2.05) is 45.0 Å². The normalized spacial score (nSPS) is 10.6. The zero-order chi connectivity index (χ0) is 12.1. The summed E-state index contributed by atoms with van der Waals surface area (Å²) in [6.45, 7) is 7.75. The van der Waals surface area contributed by atoms with E-state index in [1.54, 1.807) is 11.8 Å². The largest absolute Gasteiger partial charge is 0.358 e. The Bertz CT molecular complexity index is 361. The van der Waals surface area contributed by atoms with Gasteiger partial charge in [-0.05, 0) is 32.4 Å². The second-order valence-corrected chi connectivity index (χ2v) is 4.08. The van der Waals surface area contributed by atoms with Crippen molar-refractivity contribution in [1.82, 2.24) is 0 Å². The number of rotatable bonds is 4. The molecule has 0 aliphatic heterocycles. The van der Waals surface area contributed by atoms with Crippen LogP contribution in [0.2, 0.25) is 0 Å². The number of ether oxygens (including phenoxy) is 1. The van der Waals surface area contributed by atoms with Crippen molar-refractivity contribution in [2.45, 2.75) is 33.8 Å². The van der Waals surface area contributed by atoms with E-state index in [-0.39, 0.29) is 12.0 Å². The quantitative estimate of drug-likeness (QED) is 0.732. The first-order valence-electron chi connectivity index (χ1n) is 5.47. The van der Waals surface area contributed by atoms with Crippen LogP contribution in [0.5, 0.6) is 0 Å². The molecule has 0 spiro atoms. The number of para-hydroxylation sites is 1. The summed E-state index contributed by atoms with van der Waals surface area (Å²) in [5.41, 5.74) is 1.99. The molecule has 0 radical (unpaired) electrons. The maximum atomic E-state index is 11.6. The molecule has 1 rings (SSSR count). The Kier molecular flexibility index (Phi) is 4.50. The molecule has 0 saturated heterocycles. The van der Waals surface area contributed by atoms with Gasteiger partial charge in [0.15, 0.2) is 0 Å². The van der Waals surface area contributed by atoms with Gasteiger partial charge in [-0.1, -0.05) is 18.2 Å². The Balaban J connectivity index is 2.86. The molecule has 0 aromatic heterocycles. The molecule has 0 N–H and O–H groups in total. The van der Waals surface area contributed by atoms with Gasteiger partial charge in [0, 0.05) is 12.6 Å². The zero-order valence-corrected chi connectivity index (χ0v) is 10.4. The molecular formula is C13H19NO2. The number of aryl methyl sites for hydroxylation is 1. The van der Waals surface area contributed by atoms with Gasteiger partial charge in [0.05, 0.1) is 6.10 Å². The number of anilines is 1. The van der Waals surface area contributed by atoms with Gasteiger partial charge in [0.2, 0.25) is 5.91 Å². The number of carbonyl (C=O) groups is 1. The Morgan fingerprint density at radius 1 is 1.38 bits per heavy atom. The summed E-state index contributed by atoms with van der Waals surface area (Å²) in [5.74, 6) is -0.00468. The average Bonchev–Trinajstić information content (AvgIpc) is 2.20. The molecule has 3 nitrogen and oxygen atoms in total. The minimum atomic E-state index is -0.00468. The van der Waals surface area contributed by atoms with Crippen molar-refractivity contribution >= 4 is 11.6 Å². The molecular weight excluding hydrogens is 202 g/mol. The van der Waals surface area contributed by atoms with Crippen LogP contribution in [0.4, 0.5) is 5.69 Å². The summed E-state index contributed by atoms with van der Waals surface area (Å²) < 4.78 is 5.48. The second kappa shape index (κ2) is 5.66. The number of amides is 1. The standard InChI is InChI=1S/C13H19NO2/c1-10(2)16-9-14(12(4)15)13-8-6-5-7-11(13)3/h5-8,10H,9H2,1-4H3. The number of hydrogen-bond acceptors (Lipinski definition) is 2. The third-order valence-electron chi connectivity index (χ3n) is 2.32. The Morgan fingerprint density at radius 2 is 2.00 bits per heavy atom. The monoisotopic (exact) mass is 221 g/mol. The molecule has 1 aromatic rings. The Labute approximate surface area is 97.0 Å². The predicted molar refractivity (Wildman–Crippen MR) is 65.4 cm³/mol. The van der Waals surface area contributed by atoms with E-state index >= 15 is 0 Å². The lowest BCUT2D eigenvalue weighted by Crippen LogP contribution is -2.32. The number of hydrogen-bond donors (Lipinski definition) is 0. The van der Waals surface area contributed by atoms with Gasteiger partial charge in [-0.15, -0.1) is 0 Å². The molecule has 1 aromatic carbocycles. The minimum absolute atomic E-state index is 0.00468. The van der Waals surface area contributed by atoms with Crippen LogP contribution < -0.4 is 4.90 Å². The fourth-order valence-corrected chi connectivity index (χ4v) is 1.42. The van der Waals surface area contributed by atoms with E-state index in [2.05, 4.69) is 0 Å². The summed E-state index contributed by atoms with van der Waals surface area (Å²) in [5, 5.41) is 0. The van der Waals surface area contributed by atoms with Crippen molar-refractivity contribution in [1.29, 1.82) is 0 Å². The first-order valence-corrected chi connectivity index (χ1v) is 5.47. The first-order chi connectivity index (χ1) is 7.52. The third kappa shape index (κ3) is 3.35. The van der Waals surface area contributed by atoms with E-state index < -0.39 is 0 Å². The van der Waals surface area contributed by atoms with Crippen LogP contribution in [-0.4, -0.2) is 18.7 Å². The summed E-state index contributed by atoms with van der Waals surface area (Å²) in [4.78, 5) is 13.2.